The number of nitrogens with one attached hydrogen (secondary N) is 1. The molecule has 0 saturated heterocycles. The molecular weight excluding hydrogens is 406 g/mol. The first-order chi connectivity index (χ1) is 11.6. The van der Waals surface area contributed by atoms with Crippen LogP contribution >= 0.6 is 38.6 Å². The highest BCUT2D eigenvalue weighted by Gasteiger charge is 2.06. The number of amides is 1. The molecule has 1 amide bonds. The topological polar surface area (TPSA) is 54.9 Å². The number of carbonyl (C=O) groups excluding carboxylic acids is 1. The van der Waals surface area contributed by atoms with Crippen LogP contribution in [0.5, 0.6) is 0 Å². The summed E-state index contributed by atoms with van der Waals surface area (Å²) in [5, 5.41) is 6.28. The molecule has 24 heavy (non-hydrogen) atoms. The molecule has 122 valence electrons. The fourth-order valence-electron chi connectivity index (χ4n) is 2.02. The van der Waals surface area contributed by atoms with Crippen molar-refractivity contribution < 1.29 is 4.79 Å². The maximum Gasteiger partial charge on any atom is 0.250 e. The van der Waals surface area contributed by atoms with Crippen molar-refractivity contribution in [2.24, 2.45) is 0 Å². The van der Waals surface area contributed by atoms with E-state index in [1.54, 1.807) is 23.6 Å². The minimum atomic E-state index is -0.204. The second-order valence-corrected chi connectivity index (χ2v) is 8.14. The Labute approximate surface area is 156 Å². The first kappa shape index (κ1) is 17.0. The Balaban J connectivity index is 1.58. The van der Waals surface area contributed by atoms with Crippen molar-refractivity contribution in [3.8, 4) is 0 Å². The molecule has 0 saturated carbocycles. The summed E-state index contributed by atoms with van der Waals surface area (Å²) in [7, 11) is 0. The quantitative estimate of drug-likeness (QED) is 0.597. The van der Waals surface area contributed by atoms with Crippen molar-refractivity contribution in [3.63, 3.8) is 0 Å². The number of aromatic nitrogens is 2. The molecule has 0 bridgehead atoms. The minimum Gasteiger partial charge on any atom is -0.298 e. The second-order valence-electron chi connectivity index (χ2n) is 5.05. The first-order valence-corrected chi connectivity index (χ1v) is 9.68. The van der Waals surface area contributed by atoms with E-state index >= 15 is 0 Å². The standard InChI is InChI=1S/C17H14BrN3OS2/c1-11-20-14(10-23-11)6-7-16(22)21-17-19-9-15(24-17)8-12-2-4-13(18)5-3-12/h2-7,9-10H,8H2,1H3,(H,19,21,22)/b7-6+. The summed E-state index contributed by atoms with van der Waals surface area (Å²) in [4.78, 5) is 21.6. The summed E-state index contributed by atoms with van der Waals surface area (Å²) in [6.07, 6.45) is 5.78. The molecule has 2 aromatic heterocycles. The third kappa shape index (κ3) is 4.83. The van der Waals surface area contributed by atoms with E-state index in [1.807, 2.05) is 24.4 Å². The third-order valence-electron chi connectivity index (χ3n) is 3.12. The van der Waals surface area contributed by atoms with Gasteiger partial charge in [0, 0.05) is 33.4 Å². The molecule has 0 atom stereocenters. The van der Waals surface area contributed by atoms with Crippen LogP contribution in [0.4, 0.5) is 5.13 Å². The van der Waals surface area contributed by atoms with Crippen LogP contribution in [0.25, 0.3) is 6.08 Å². The summed E-state index contributed by atoms with van der Waals surface area (Å²) >= 11 is 6.47. The Morgan fingerprint density at radius 3 is 2.83 bits per heavy atom. The molecule has 4 nitrogen and oxygen atoms in total. The summed E-state index contributed by atoms with van der Waals surface area (Å²) in [6.45, 7) is 1.94. The normalized spacial score (nSPS) is 11.1. The third-order valence-corrected chi connectivity index (χ3v) is 5.35. The number of rotatable bonds is 5. The predicted octanol–water partition coefficient (Wildman–Crippen LogP) is 4.91. The molecule has 0 aliphatic carbocycles. The largest absolute Gasteiger partial charge is 0.298 e. The summed E-state index contributed by atoms with van der Waals surface area (Å²) < 4.78 is 1.06. The van der Waals surface area contributed by atoms with E-state index in [0.29, 0.717) is 5.13 Å². The van der Waals surface area contributed by atoms with Crippen LogP contribution in [0.1, 0.15) is 21.1 Å². The lowest BCUT2D eigenvalue weighted by atomic mass is 10.1. The Morgan fingerprint density at radius 2 is 2.12 bits per heavy atom. The van der Waals surface area contributed by atoms with E-state index in [-0.39, 0.29) is 5.91 Å². The van der Waals surface area contributed by atoms with E-state index < -0.39 is 0 Å². The highest BCUT2D eigenvalue weighted by atomic mass is 79.9. The zero-order valence-electron chi connectivity index (χ0n) is 12.8. The van der Waals surface area contributed by atoms with Gasteiger partial charge in [0.25, 0.3) is 0 Å². The lowest BCUT2D eigenvalue weighted by Gasteiger charge is -1.98. The highest BCUT2D eigenvalue weighted by Crippen LogP contribution is 2.22. The molecule has 0 spiro atoms. The molecule has 3 aromatic rings. The van der Waals surface area contributed by atoms with Crippen LogP contribution in [0, 0.1) is 6.92 Å². The number of hydrogen-bond donors (Lipinski definition) is 1. The van der Waals surface area contributed by atoms with Crippen LogP contribution in [0.3, 0.4) is 0 Å². The van der Waals surface area contributed by atoms with Gasteiger partial charge in [-0.1, -0.05) is 28.1 Å². The molecule has 0 fully saturated rings. The Bertz CT molecular complexity index is 868. The van der Waals surface area contributed by atoms with Gasteiger partial charge in [-0.3, -0.25) is 10.1 Å². The van der Waals surface area contributed by atoms with E-state index in [2.05, 4.69) is 43.3 Å². The van der Waals surface area contributed by atoms with Crippen LogP contribution in [0.2, 0.25) is 0 Å². The lowest BCUT2D eigenvalue weighted by molar-refractivity contribution is -0.111. The molecule has 1 N–H and O–H groups in total. The molecule has 1 aromatic carbocycles. The van der Waals surface area contributed by atoms with E-state index in [1.165, 1.54) is 23.0 Å². The number of hydrogen-bond acceptors (Lipinski definition) is 5. The Morgan fingerprint density at radius 1 is 1.33 bits per heavy atom. The van der Waals surface area contributed by atoms with Gasteiger partial charge in [-0.2, -0.15) is 0 Å². The first-order valence-electron chi connectivity index (χ1n) is 7.19. The SMILES string of the molecule is Cc1nc(/C=C/C(=O)Nc2ncc(Cc3ccc(Br)cc3)s2)cs1. The van der Waals surface area contributed by atoms with Crippen LogP contribution in [0.15, 0.2) is 46.4 Å². The van der Waals surface area contributed by atoms with Gasteiger partial charge in [0.2, 0.25) is 5.91 Å². The highest BCUT2D eigenvalue weighted by molar-refractivity contribution is 9.10. The Hall–Kier alpha value is -1.83. The number of nitrogens with zero attached hydrogens (tertiary/aromatic N) is 2. The summed E-state index contributed by atoms with van der Waals surface area (Å²) in [5.74, 6) is -0.204. The van der Waals surface area contributed by atoms with Gasteiger partial charge < -0.3 is 0 Å². The van der Waals surface area contributed by atoms with Gasteiger partial charge in [-0.25, -0.2) is 9.97 Å². The van der Waals surface area contributed by atoms with Crippen molar-refractivity contribution in [1.29, 1.82) is 0 Å². The van der Waals surface area contributed by atoms with Crippen molar-refractivity contribution in [2.45, 2.75) is 13.3 Å². The predicted molar refractivity (Wildman–Crippen MR) is 104 cm³/mol. The molecule has 7 heteroatoms. The molecule has 0 aliphatic rings. The molecule has 0 radical (unpaired) electrons. The lowest BCUT2D eigenvalue weighted by Crippen LogP contribution is -2.07. The maximum atomic E-state index is 11.9. The number of anilines is 1. The monoisotopic (exact) mass is 419 g/mol. The summed E-state index contributed by atoms with van der Waals surface area (Å²) in [6, 6.07) is 8.18. The summed E-state index contributed by atoms with van der Waals surface area (Å²) in [5.41, 5.74) is 2.00. The molecular formula is C17H14BrN3OS2. The molecule has 2 heterocycles. The van der Waals surface area contributed by atoms with Gasteiger partial charge in [-0.15, -0.1) is 22.7 Å². The van der Waals surface area contributed by atoms with Crippen molar-refractivity contribution in [2.75, 3.05) is 5.32 Å². The Kier molecular flexibility index (Phi) is 5.55. The van der Waals surface area contributed by atoms with Crippen LogP contribution in [-0.4, -0.2) is 15.9 Å². The van der Waals surface area contributed by atoms with Gasteiger partial charge in [-0.05, 0) is 30.7 Å². The van der Waals surface area contributed by atoms with Gasteiger partial charge >= 0.3 is 0 Å². The van der Waals surface area contributed by atoms with E-state index in [4.69, 9.17) is 0 Å². The zero-order chi connectivity index (χ0) is 16.9. The van der Waals surface area contributed by atoms with Gasteiger partial charge in [0.05, 0.1) is 10.7 Å². The van der Waals surface area contributed by atoms with Crippen molar-refractivity contribution >= 4 is 55.7 Å². The van der Waals surface area contributed by atoms with E-state index in [9.17, 15) is 4.79 Å². The molecule has 0 aliphatic heterocycles. The fourth-order valence-corrected chi connectivity index (χ4v) is 3.71. The van der Waals surface area contributed by atoms with Crippen molar-refractivity contribution in [1.82, 2.24) is 9.97 Å². The maximum absolute atomic E-state index is 11.9. The average molecular weight is 420 g/mol. The van der Waals surface area contributed by atoms with E-state index in [0.717, 1.165) is 26.5 Å². The average Bonchev–Trinajstić information content (AvgIpc) is 3.17. The van der Waals surface area contributed by atoms with Gasteiger partial charge in [0.1, 0.15) is 0 Å². The van der Waals surface area contributed by atoms with Gasteiger partial charge in [0.15, 0.2) is 5.13 Å². The number of halogens is 1. The van der Waals surface area contributed by atoms with Crippen LogP contribution < -0.4 is 5.32 Å². The van der Waals surface area contributed by atoms with Crippen molar-refractivity contribution in [3.05, 3.63) is 67.5 Å². The zero-order valence-corrected chi connectivity index (χ0v) is 16.0. The number of carbonyl (C=O) groups is 1. The van der Waals surface area contributed by atoms with Crippen LogP contribution in [-0.2, 0) is 11.2 Å². The second kappa shape index (κ2) is 7.83. The number of aryl methyl sites for hydroxylation is 1. The molecule has 0 unspecified atom stereocenters. The number of thiazole rings is 2. The minimum absolute atomic E-state index is 0.204. The fraction of sp³-hybridized carbons (Fsp3) is 0.118. The number of benzene rings is 1. The smallest absolute Gasteiger partial charge is 0.250 e. The molecule has 3 rings (SSSR count).